The summed E-state index contributed by atoms with van der Waals surface area (Å²) in [5.41, 5.74) is 2.26. The summed E-state index contributed by atoms with van der Waals surface area (Å²) in [5.74, 6) is 1.22. The molecule has 7 nitrogen and oxygen atoms in total. The van der Waals surface area contributed by atoms with Crippen molar-refractivity contribution in [3.63, 3.8) is 0 Å². The Bertz CT molecular complexity index is 847. The number of ether oxygens (including phenoxy) is 1. The largest absolute Gasteiger partial charge is 0.497 e. The van der Waals surface area contributed by atoms with E-state index in [9.17, 15) is 4.79 Å². The second-order valence-corrected chi connectivity index (χ2v) is 6.00. The lowest BCUT2D eigenvalue weighted by molar-refractivity contribution is 0.251. The van der Waals surface area contributed by atoms with Gasteiger partial charge >= 0.3 is 12.0 Å². The minimum Gasteiger partial charge on any atom is -0.497 e. The molecule has 0 atom stereocenters. The standard InChI is InChI=1S/C20H22N4O3/c1-26-17-11-9-16(10-12-17)14-18-23-24-20(27-18)22-19(25)21-13-5-8-15-6-3-2-4-7-15/h2-4,6-7,9-12H,5,8,13-14H2,1H3,(H2,21,22,24,25). The van der Waals surface area contributed by atoms with Crippen LogP contribution in [0.1, 0.15) is 23.4 Å². The van der Waals surface area contributed by atoms with E-state index in [1.807, 2.05) is 42.5 Å². The topological polar surface area (TPSA) is 89.3 Å². The van der Waals surface area contributed by atoms with Crippen molar-refractivity contribution in [1.82, 2.24) is 15.5 Å². The van der Waals surface area contributed by atoms with E-state index in [-0.39, 0.29) is 12.0 Å². The van der Waals surface area contributed by atoms with Gasteiger partial charge in [0.25, 0.3) is 0 Å². The molecule has 0 unspecified atom stereocenters. The molecule has 3 rings (SSSR count). The molecule has 0 spiro atoms. The number of anilines is 1. The quantitative estimate of drug-likeness (QED) is 0.596. The van der Waals surface area contributed by atoms with Crippen LogP contribution in [0.3, 0.4) is 0 Å². The van der Waals surface area contributed by atoms with Gasteiger partial charge in [0.15, 0.2) is 0 Å². The molecule has 0 saturated carbocycles. The van der Waals surface area contributed by atoms with Gasteiger partial charge < -0.3 is 14.5 Å². The Morgan fingerprint density at radius 3 is 2.56 bits per heavy atom. The number of carbonyl (C=O) groups excluding carboxylic acids is 1. The SMILES string of the molecule is COc1ccc(Cc2nnc(NC(=O)NCCCc3ccccc3)o2)cc1. The first-order chi connectivity index (χ1) is 13.2. The van der Waals surface area contributed by atoms with Crippen molar-refractivity contribution in [1.29, 1.82) is 0 Å². The van der Waals surface area contributed by atoms with E-state index in [1.54, 1.807) is 7.11 Å². The summed E-state index contributed by atoms with van der Waals surface area (Å²) in [6.45, 7) is 0.563. The molecule has 0 aliphatic heterocycles. The molecule has 0 bridgehead atoms. The maximum Gasteiger partial charge on any atom is 0.323 e. The number of amides is 2. The Hall–Kier alpha value is -3.35. The molecule has 0 fully saturated rings. The molecule has 0 radical (unpaired) electrons. The molecule has 3 aromatic rings. The predicted molar refractivity (Wildman–Crippen MR) is 102 cm³/mol. The number of aromatic nitrogens is 2. The van der Waals surface area contributed by atoms with Gasteiger partial charge in [0.2, 0.25) is 5.89 Å². The number of methoxy groups -OCH3 is 1. The van der Waals surface area contributed by atoms with Crippen LogP contribution >= 0.6 is 0 Å². The molecule has 1 heterocycles. The van der Waals surface area contributed by atoms with Gasteiger partial charge in [0.1, 0.15) is 5.75 Å². The zero-order valence-corrected chi connectivity index (χ0v) is 15.1. The van der Waals surface area contributed by atoms with Crippen LogP contribution in [-0.4, -0.2) is 29.9 Å². The molecule has 27 heavy (non-hydrogen) atoms. The molecule has 2 amide bonds. The summed E-state index contributed by atoms with van der Waals surface area (Å²) in [7, 11) is 1.62. The van der Waals surface area contributed by atoms with Crippen molar-refractivity contribution in [3.8, 4) is 5.75 Å². The first-order valence-corrected chi connectivity index (χ1v) is 8.77. The second kappa shape index (κ2) is 9.38. The summed E-state index contributed by atoms with van der Waals surface area (Å²) in [6, 6.07) is 17.5. The fourth-order valence-corrected chi connectivity index (χ4v) is 2.57. The van der Waals surface area contributed by atoms with Crippen LogP contribution in [0, 0.1) is 0 Å². The van der Waals surface area contributed by atoms with Crippen LogP contribution in [-0.2, 0) is 12.8 Å². The molecule has 2 N–H and O–H groups in total. The number of hydrogen-bond donors (Lipinski definition) is 2. The highest BCUT2D eigenvalue weighted by molar-refractivity contribution is 5.86. The highest BCUT2D eigenvalue weighted by Gasteiger charge is 2.10. The van der Waals surface area contributed by atoms with Crippen LogP contribution in [0.2, 0.25) is 0 Å². The van der Waals surface area contributed by atoms with E-state index >= 15 is 0 Å². The first kappa shape index (κ1) is 18.4. The van der Waals surface area contributed by atoms with Crippen LogP contribution < -0.4 is 15.4 Å². The van der Waals surface area contributed by atoms with Gasteiger partial charge in [-0.05, 0) is 36.1 Å². The molecular formula is C20H22N4O3. The lowest BCUT2D eigenvalue weighted by Crippen LogP contribution is -2.29. The van der Waals surface area contributed by atoms with Crippen LogP contribution in [0.15, 0.2) is 59.0 Å². The van der Waals surface area contributed by atoms with E-state index in [1.165, 1.54) is 5.56 Å². The summed E-state index contributed by atoms with van der Waals surface area (Å²) in [5, 5.41) is 13.1. The van der Waals surface area contributed by atoms with Gasteiger partial charge in [0.05, 0.1) is 13.5 Å². The summed E-state index contributed by atoms with van der Waals surface area (Å²) in [4.78, 5) is 11.9. The second-order valence-electron chi connectivity index (χ2n) is 6.00. The van der Waals surface area contributed by atoms with E-state index in [4.69, 9.17) is 9.15 Å². The fourth-order valence-electron chi connectivity index (χ4n) is 2.57. The number of hydrogen-bond acceptors (Lipinski definition) is 5. The van der Waals surface area contributed by atoms with E-state index in [0.717, 1.165) is 24.2 Å². The highest BCUT2D eigenvalue weighted by Crippen LogP contribution is 2.15. The maximum absolute atomic E-state index is 11.9. The lowest BCUT2D eigenvalue weighted by Gasteiger charge is -2.04. The number of nitrogens with zero attached hydrogens (tertiary/aromatic N) is 2. The smallest absolute Gasteiger partial charge is 0.323 e. The Labute approximate surface area is 157 Å². The van der Waals surface area contributed by atoms with Gasteiger partial charge in [-0.15, -0.1) is 5.10 Å². The lowest BCUT2D eigenvalue weighted by atomic mass is 10.1. The van der Waals surface area contributed by atoms with Crippen molar-refractivity contribution in [2.24, 2.45) is 0 Å². The molecule has 0 aliphatic carbocycles. The molecular weight excluding hydrogens is 344 g/mol. The number of carbonyl (C=O) groups is 1. The number of aryl methyl sites for hydroxylation is 1. The summed E-state index contributed by atoms with van der Waals surface area (Å²) in [6.07, 6.45) is 2.25. The number of urea groups is 1. The molecule has 2 aromatic carbocycles. The Balaban J connectivity index is 1.40. The summed E-state index contributed by atoms with van der Waals surface area (Å²) < 4.78 is 10.6. The number of rotatable bonds is 8. The monoisotopic (exact) mass is 366 g/mol. The molecule has 1 aromatic heterocycles. The fraction of sp³-hybridized carbons (Fsp3) is 0.250. The molecule has 140 valence electrons. The average Bonchev–Trinajstić information content (AvgIpc) is 3.13. The molecule has 0 aliphatic rings. The zero-order chi connectivity index (χ0) is 18.9. The maximum atomic E-state index is 11.9. The molecule has 0 saturated heterocycles. The Kier molecular flexibility index (Phi) is 6.40. The van der Waals surface area contributed by atoms with E-state index in [2.05, 4.69) is 33.0 Å². The van der Waals surface area contributed by atoms with Crippen LogP contribution in [0.25, 0.3) is 0 Å². The predicted octanol–water partition coefficient (Wildman–Crippen LogP) is 3.42. The van der Waals surface area contributed by atoms with Gasteiger partial charge in [-0.2, -0.15) is 0 Å². The summed E-state index contributed by atoms with van der Waals surface area (Å²) >= 11 is 0. The van der Waals surface area contributed by atoms with Crippen LogP contribution in [0.5, 0.6) is 5.75 Å². The van der Waals surface area contributed by atoms with Crippen molar-refractivity contribution in [3.05, 3.63) is 71.6 Å². The molecule has 7 heteroatoms. The Morgan fingerprint density at radius 2 is 1.81 bits per heavy atom. The first-order valence-electron chi connectivity index (χ1n) is 8.77. The van der Waals surface area contributed by atoms with Gasteiger partial charge in [-0.25, -0.2) is 4.79 Å². The third-order valence-electron chi connectivity index (χ3n) is 3.97. The van der Waals surface area contributed by atoms with Crippen molar-refractivity contribution in [2.75, 3.05) is 19.0 Å². The van der Waals surface area contributed by atoms with E-state index < -0.39 is 0 Å². The number of benzene rings is 2. The normalized spacial score (nSPS) is 10.4. The van der Waals surface area contributed by atoms with Gasteiger partial charge in [0, 0.05) is 6.54 Å². The third kappa shape index (κ3) is 5.85. The van der Waals surface area contributed by atoms with Crippen LogP contribution in [0.4, 0.5) is 10.8 Å². The zero-order valence-electron chi connectivity index (χ0n) is 15.1. The number of nitrogens with one attached hydrogen (secondary N) is 2. The van der Waals surface area contributed by atoms with Gasteiger partial charge in [-0.3, -0.25) is 5.32 Å². The van der Waals surface area contributed by atoms with Crippen molar-refractivity contribution in [2.45, 2.75) is 19.3 Å². The minimum absolute atomic E-state index is 0.0825. The minimum atomic E-state index is -0.359. The Morgan fingerprint density at radius 1 is 1.04 bits per heavy atom. The third-order valence-corrected chi connectivity index (χ3v) is 3.97. The van der Waals surface area contributed by atoms with Crippen molar-refractivity contribution >= 4 is 12.0 Å². The van der Waals surface area contributed by atoms with Gasteiger partial charge in [-0.1, -0.05) is 47.6 Å². The highest BCUT2D eigenvalue weighted by atomic mass is 16.5. The van der Waals surface area contributed by atoms with Crippen molar-refractivity contribution < 1.29 is 13.9 Å². The van der Waals surface area contributed by atoms with E-state index in [0.29, 0.717) is 18.9 Å². The average molecular weight is 366 g/mol.